The monoisotopic (exact) mass is 457 g/mol. The minimum atomic E-state index is -0.0315. The van der Waals surface area contributed by atoms with Crippen LogP contribution in [-0.4, -0.2) is 77.2 Å². The van der Waals surface area contributed by atoms with Gasteiger partial charge in [0.15, 0.2) is 5.69 Å². The zero-order chi connectivity index (χ0) is 19.5. The highest BCUT2D eigenvalue weighted by Crippen LogP contribution is 2.22. The number of hydrogen-bond donors (Lipinski definition) is 1. The number of amides is 1. The lowest BCUT2D eigenvalue weighted by Crippen LogP contribution is -2.49. The number of anilines is 1. The molecule has 2 aromatic rings. The molecule has 2 aliphatic rings. The number of carbonyl (C=O) groups is 1. The maximum absolute atomic E-state index is 13.0. The van der Waals surface area contributed by atoms with Crippen LogP contribution in [0.4, 0.5) is 5.82 Å². The van der Waals surface area contributed by atoms with Crippen LogP contribution in [0.15, 0.2) is 18.3 Å². The van der Waals surface area contributed by atoms with Crippen LogP contribution in [0.2, 0.25) is 0 Å². The Balaban J connectivity index is 0.00000160. The molecule has 2 aliphatic heterocycles. The zero-order valence-corrected chi connectivity index (χ0v) is 18.9. The molecule has 9 nitrogen and oxygen atoms in total. The van der Waals surface area contributed by atoms with E-state index < -0.39 is 0 Å². The van der Waals surface area contributed by atoms with Gasteiger partial charge in [-0.15, -0.1) is 29.9 Å². The van der Waals surface area contributed by atoms with Gasteiger partial charge in [0, 0.05) is 38.4 Å². The number of pyridine rings is 1. The number of nitrogens with one attached hydrogen (secondary N) is 1. The third-order valence-electron chi connectivity index (χ3n) is 5.63. The highest BCUT2D eigenvalue weighted by molar-refractivity contribution is 5.93. The van der Waals surface area contributed by atoms with Crippen molar-refractivity contribution >= 4 is 36.5 Å². The van der Waals surface area contributed by atoms with Crippen LogP contribution in [0.25, 0.3) is 0 Å². The predicted octanol–water partition coefficient (Wildman–Crippen LogP) is 1.72. The lowest BCUT2D eigenvalue weighted by atomic mass is 10.1. The second kappa shape index (κ2) is 10.8. The summed E-state index contributed by atoms with van der Waals surface area (Å²) in [6, 6.07) is 4.08. The number of methoxy groups -OCH3 is 1. The van der Waals surface area contributed by atoms with Crippen molar-refractivity contribution in [3.05, 3.63) is 29.7 Å². The Labute approximate surface area is 189 Å². The molecule has 0 spiro atoms. The maximum atomic E-state index is 13.0. The number of carbonyl (C=O) groups excluding carboxylic acids is 1. The van der Waals surface area contributed by atoms with Gasteiger partial charge in [-0.25, -0.2) is 9.67 Å². The minimum Gasteiger partial charge on any atom is -0.497 e. The Morgan fingerprint density at radius 2 is 1.87 bits per heavy atom. The molecule has 0 saturated carbocycles. The summed E-state index contributed by atoms with van der Waals surface area (Å²) in [6.07, 6.45) is 3.78. The molecule has 4 heterocycles. The fourth-order valence-electron chi connectivity index (χ4n) is 3.92. The van der Waals surface area contributed by atoms with Gasteiger partial charge in [0.25, 0.3) is 5.91 Å². The largest absolute Gasteiger partial charge is 0.497 e. The van der Waals surface area contributed by atoms with E-state index >= 15 is 0 Å². The van der Waals surface area contributed by atoms with E-state index in [1.807, 2.05) is 28.6 Å². The Morgan fingerprint density at radius 3 is 2.53 bits per heavy atom. The zero-order valence-electron chi connectivity index (χ0n) is 17.3. The molecule has 166 valence electrons. The molecule has 2 fully saturated rings. The van der Waals surface area contributed by atoms with Crippen LogP contribution in [0, 0.1) is 6.92 Å². The van der Waals surface area contributed by atoms with Gasteiger partial charge in [-0.3, -0.25) is 4.79 Å². The minimum absolute atomic E-state index is 0. The van der Waals surface area contributed by atoms with Gasteiger partial charge >= 0.3 is 0 Å². The van der Waals surface area contributed by atoms with Crippen LogP contribution in [0.1, 0.15) is 35.1 Å². The summed E-state index contributed by atoms with van der Waals surface area (Å²) in [6.45, 7) is 6.64. The summed E-state index contributed by atoms with van der Waals surface area (Å²) in [5, 5.41) is 11.9. The number of aromatic nitrogens is 4. The highest BCUT2D eigenvalue weighted by atomic mass is 35.5. The molecule has 0 radical (unpaired) electrons. The molecular formula is C19H29Cl2N7O2. The van der Waals surface area contributed by atoms with E-state index in [2.05, 4.69) is 25.5 Å². The SMILES string of the molecule is COc1ccnc(N2CCN(C(=O)c3nnn(C4CCNCC4)c3C)CC2)c1.Cl.Cl. The van der Waals surface area contributed by atoms with Crippen LogP contribution in [0.3, 0.4) is 0 Å². The van der Waals surface area contributed by atoms with Gasteiger partial charge in [-0.05, 0) is 38.9 Å². The van der Waals surface area contributed by atoms with Gasteiger partial charge in [0.2, 0.25) is 0 Å². The Hall–Kier alpha value is -2.10. The fraction of sp³-hybridized carbons (Fsp3) is 0.579. The number of piperidine rings is 1. The molecule has 0 aliphatic carbocycles. The lowest BCUT2D eigenvalue weighted by molar-refractivity contribution is 0.0739. The first-order valence-corrected chi connectivity index (χ1v) is 9.84. The van der Waals surface area contributed by atoms with Crippen molar-refractivity contribution in [2.75, 3.05) is 51.3 Å². The quantitative estimate of drug-likeness (QED) is 0.747. The Bertz CT molecular complexity index is 834. The summed E-state index contributed by atoms with van der Waals surface area (Å²) >= 11 is 0. The second-order valence-corrected chi connectivity index (χ2v) is 7.28. The van der Waals surface area contributed by atoms with E-state index in [0.717, 1.165) is 56.3 Å². The molecule has 0 unspecified atom stereocenters. The van der Waals surface area contributed by atoms with Gasteiger partial charge in [0.05, 0.1) is 18.8 Å². The molecule has 0 bridgehead atoms. The van der Waals surface area contributed by atoms with Gasteiger partial charge < -0.3 is 19.9 Å². The number of rotatable bonds is 4. The van der Waals surface area contributed by atoms with Gasteiger partial charge in [-0.1, -0.05) is 5.21 Å². The molecule has 11 heteroatoms. The Kier molecular flexibility index (Phi) is 8.69. The van der Waals surface area contributed by atoms with Crippen molar-refractivity contribution in [3.63, 3.8) is 0 Å². The summed E-state index contributed by atoms with van der Waals surface area (Å²) in [4.78, 5) is 21.5. The van der Waals surface area contributed by atoms with Crippen LogP contribution in [-0.2, 0) is 0 Å². The molecular weight excluding hydrogens is 429 g/mol. The van der Waals surface area contributed by atoms with Crippen molar-refractivity contribution in [1.82, 2.24) is 30.2 Å². The summed E-state index contributed by atoms with van der Waals surface area (Å²) < 4.78 is 7.21. The lowest BCUT2D eigenvalue weighted by Gasteiger charge is -2.35. The van der Waals surface area contributed by atoms with E-state index in [1.54, 1.807) is 13.3 Å². The van der Waals surface area contributed by atoms with E-state index in [1.165, 1.54) is 0 Å². The summed E-state index contributed by atoms with van der Waals surface area (Å²) in [7, 11) is 1.65. The third kappa shape index (κ3) is 4.96. The number of hydrogen-bond acceptors (Lipinski definition) is 7. The van der Waals surface area contributed by atoms with Crippen LogP contribution >= 0.6 is 24.8 Å². The molecule has 0 atom stereocenters. The van der Waals surface area contributed by atoms with E-state index in [9.17, 15) is 4.79 Å². The molecule has 1 amide bonds. The smallest absolute Gasteiger partial charge is 0.276 e. The fourth-order valence-corrected chi connectivity index (χ4v) is 3.92. The standard InChI is InChI=1S/C19H27N7O2.2ClH/c1-14-18(22-23-26(14)15-3-6-20-7-4-15)19(27)25-11-9-24(10-12-25)17-13-16(28-2)5-8-21-17;;/h5,8,13,15,20H,3-4,6-7,9-12H2,1-2H3;2*1H. The van der Waals surface area contributed by atoms with E-state index in [4.69, 9.17) is 4.74 Å². The highest BCUT2D eigenvalue weighted by Gasteiger charge is 2.28. The molecule has 30 heavy (non-hydrogen) atoms. The summed E-state index contributed by atoms with van der Waals surface area (Å²) in [5.74, 6) is 1.63. The summed E-state index contributed by atoms with van der Waals surface area (Å²) in [5.41, 5.74) is 1.35. The average molecular weight is 458 g/mol. The third-order valence-corrected chi connectivity index (χ3v) is 5.63. The van der Waals surface area contributed by atoms with Crippen molar-refractivity contribution in [3.8, 4) is 5.75 Å². The average Bonchev–Trinajstić information content (AvgIpc) is 3.15. The van der Waals surface area contributed by atoms with E-state index in [-0.39, 0.29) is 30.7 Å². The van der Waals surface area contributed by atoms with Crippen molar-refractivity contribution in [2.45, 2.75) is 25.8 Å². The topological polar surface area (TPSA) is 88.4 Å². The van der Waals surface area contributed by atoms with Crippen molar-refractivity contribution < 1.29 is 9.53 Å². The van der Waals surface area contributed by atoms with Gasteiger partial charge in [-0.2, -0.15) is 0 Å². The molecule has 2 saturated heterocycles. The van der Waals surface area contributed by atoms with Crippen molar-refractivity contribution in [1.29, 1.82) is 0 Å². The second-order valence-electron chi connectivity index (χ2n) is 7.28. The van der Waals surface area contributed by atoms with Crippen LogP contribution in [0.5, 0.6) is 5.75 Å². The first kappa shape index (κ1) is 24.2. The van der Waals surface area contributed by atoms with Crippen molar-refractivity contribution in [2.24, 2.45) is 0 Å². The number of piperazine rings is 1. The molecule has 2 aromatic heterocycles. The van der Waals surface area contributed by atoms with E-state index in [0.29, 0.717) is 24.8 Å². The molecule has 1 N–H and O–H groups in total. The number of ether oxygens (including phenoxy) is 1. The normalized spacial score (nSPS) is 17.1. The predicted molar refractivity (Wildman–Crippen MR) is 119 cm³/mol. The number of halogens is 2. The molecule has 4 rings (SSSR count). The maximum Gasteiger partial charge on any atom is 0.276 e. The van der Waals surface area contributed by atoms with Crippen LogP contribution < -0.4 is 15.0 Å². The Morgan fingerprint density at radius 1 is 1.17 bits per heavy atom. The number of nitrogens with zero attached hydrogens (tertiary/aromatic N) is 6. The van der Waals surface area contributed by atoms with Gasteiger partial charge in [0.1, 0.15) is 11.6 Å². The first-order chi connectivity index (χ1) is 13.7. The first-order valence-electron chi connectivity index (χ1n) is 9.84. The molecule has 0 aromatic carbocycles.